The maximum Gasteiger partial charge on any atom is 0.116 e. The van der Waals surface area contributed by atoms with Crippen molar-refractivity contribution in [3.8, 4) is 6.07 Å². The molecule has 0 heterocycles. The van der Waals surface area contributed by atoms with Crippen molar-refractivity contribution >= 4 is 28.7 Å². The van der Waals surface area contributed by atoms with Gasteiger partial charge in [0.05, 0.1) is 17.8 Å². The molecule has 4 rings (SSSR count). The van der Waals surface area contributed by atoms with Gasteiger partial charge in [-0.2, -0.15) is 5.26 Å². The first-order valence-corrected chi connectivity index (χ1v) is 11.9. The Bertz CT molecular complexity index is 1090. The van der Waals surface area contributed by atoms with Crippen LogP contribution < -0.4 is 28.3 Å². The molecule has 31 heavy (non-hydrogen) atoms. The fraction of sp³-hybridized carbons (Fsp3) is 0.0357. The van der Waals surface area contributed by atoms with Crippen molar-refractivity contribution in [1.29, 1.82) is 5.26 Å². The van der Waals surface area contributed by atoms with Gasteiger partial charge in [0.1, 0.15) is 23.2 Å². The lowest BCUT2D eigenvalue weighted by molar-refractivity contribution is -0.00000605. The fourth-order valence-corrected chi connectivity index (χ4v) is 8.19. The highest BCUT2D eigenvalue weighted by Crippen LogP contribution is 2.58. The molecule has 4 aromatic carbocycles. The summed E-state index contributed by atoms with van der Waals surface area (Å²) in [4.78, 5) is 0. The van der Waals surface area contributed by atoms with Crippen LogP contribution in [0.2, 0.25) is 0 Å². The van der Waals surface area contributed by atoms with Gasteiger partial charge in [-0.1, -0.05) is 79.4 Å². The number of rotatable bonds is 6. The second kappa shape index (κ2) is 10.2. The number of nitriles is 1. The molecule has 0 aliphatic heterocycles. The zero-order valence-corrected chi connectivity index (χ0v) is 18.8. The van der Waals surface area contributed by atoms with Gasteiger partial charge in [-0.3, -0.25) is 0 Å². The molecule has 0 N–H and O–H groups in total. The first kappa shape index (κ1) is 22.5. The molecule has 0 saturated carbocycles. The molecular weight excluding hydrogens is 417 g/mol. The molecule has 0 radical (unpaired) electrons. The summed E-state index contributed by atoms with van der Waals surface area (Å²) in [7, 11) is -1.95. The van der Waals surface area contributed by atoms with E-state index in [-0.39, 0.29) is 12.4 Å². The van der Waals surface area contributed by atoms with Crippen molar-refractivity contribution < 1.29 is 12.4 Å². The van der Waals surface area contributed by atoms with E-state index in [4.69, 9.17) is 0 Å². The van der Waals surface area contributed by atoms with Gasteiger partial charge in [-0.05, 0) is 53.6 Å². The van der Waals surface area contributed by atoms with Crippen LogP contribution in [0.5, 0.6) is 0 Å². The second-order valence-electron chi connectivity index (χ2n) is 7.27. The SMILES string of the molecule is C=C(C#N)c1cccc(C[P+](c2ccccc2)(c2ccccc2)c2ccccc2)c1.[Cl-]. The summed E-state index contributed by atoms with van der Waals surface area (Å²) >= 11 is 0. The number of hydrogen-bond donors (Lipinski definition) is 0. The van der Waals surface area contributed by atoms with E-state index in [2.05, 4.69) is 116 Å². The summed E-state index contributed by atoms with van der Waals surface area (Å²) in [6.45, 7) is 3.90. The van der Waals surface area contributed by atoms with Crippen molar-refractivity contribution in [3.05, 3.63) is 133 Å². The number of benzene rings is 4. The quantitative estimate of drug-likeness (QED) is 0.335. The zero-order valence-electron chi connectivity index (χ0n) is 17.2. The highest BCUT2D eigenvalue weighted by atomic mass is 35.5. The van der Waals surface area contributed by atoms with Crippen LogP contribution in [0, 0.1) is 11.3 Å². The standard InChI is InChI=1S/C28H23NP.ClH/c1-23(21-29)25-13-11-12-24(20-25)22-30(26-14-5-2-6-15-26,27-16-7-3-8-17-27)28-18-9-4-10-19-28;/h2-20H,1,22H2;1H/q+1;/p-1. The van der Waals surface area contributed by atoms with Crippen molar-refractivity contribution in [2.45, 2.75) is 6.16 Å². The summed E-state index contributed by atoms with van der Waals surface area (Å²) in [6, 6.07) is 43.0. The van der Waals surface area contributed by atoms with Crippen LogP contribution >= 0.6 is 7.26 Å². The lowest BCUT2D eigenvalue weighted by Gasteiger charge is -2.28. The largest absolute Gasteiger partial charge is 1.00 e. The Morgan fingerprint density at radius 1 is 0.677 bits per heavy atom. The number of hydrogen-bond acceptors (Lipinski definition) is 1. The third kappa shape index (κ3) is 4.62. The van der Waals surface area contributed by atoms with Crippen molar-refractivity contribution in [3.63, 3.8) is 0 Å². The van der Waals surface area contributed by atoms with Crippen LogP contribution in [-0.2, 0) is 6.16 Å². The van der Waals surface area contributed by atoms with Gasteiger partial charge in [0.15, 0.2) is 0 Å². The first-order chi connectivity index (χ1) is 14.7. The Morgan fingerprint density at radius 2 is 1.13 bits per heavy atom. The van der Waals surface area contributed by atoms with Crippen LogP contribution in [0.25, 0.3) is 5.57 Å². The highest BCUT2D eigenvalue weighted by Gasteiger charge is 2.45. The summed E-state index contributed by atoms with van der Waals surface area (Å²) in [6.07, 6.45) is 0.886. The van der Waals surface area contributed by atoms with E-state index in [1.54, 1.807) is 0 Å². The minimum Gasteiger partial charge on any atom is -1.00 e. The average molecular weight is 440 g/mol. The van der Waals surface area contributed by atoms with E-state index in [1.165, 1.54) is 21.5 Å². The van der Waals surface area contributed by atoms with Gasteiger partial charge < -0.3 is 12.4 Å². The second-order valence-corrected chi connectivity index (χ2v) is 10.8. The molecule has 0 saturated heterocycles. The Kier molecular flexibility index (Phi) is 7.43. The lowest BCUT2D eigenvalue weighted by Crippen LogP contribution is -3.00. The molecule has 0 amide bonds. The van der Waals surface area contributed by atoms with Gasteiger partial charge in [-0.15, -0.1) is 0 Å². The van der Waals surface area contributed by atoms with E-state index < -0.39 is 7.26 Å². The van der Waals surface area contributed by atoms with Crippen LogP contribution in [0.3, 0.4) is 0 Å². The van der Waals surface area contributed by atoms with Crippen LogP contribution in [-0.4, -0.2) is 0 Å². The summed E-state index contributed by atoms with van der Waals surface area (Å²) < 4.78 is 0. The fourth-order valence-electron chi connectivity index (χ4n) is 3.96. The van der Waals surface area contributed by atoms with Crippen molar-refractivity contribution in [2.24, 2.45) is 0 Å². The highest BCUT2D eigenvalue weighted by molar-refractivity contribution is 7.95. The molecule has 0 atom stereocenters. The van der Waals surface area contributed by atoms with Crippen molar-refractivity contribution in [1.82, 2.24) is 0 Å². The molecule has 3 heteroatoms. The Labute approximate surface area is 191 Å². The summed E-state index contributed by atoms with van der Waals surface area (Å²) in [5, 5.41) is 13.4. The normalized spacial score (nSPS) is 10.5. The Morgan fingerprint density at radius 3 is 1.55 bits per heavy atom. The Hall–Kier alpha value is -3.17. The lowest BCUT2D eigenvalue weighted by atomic mass is 10.1. The minimum absolute atomic E-state index is 0. The van der Waals surface area contributed by atoms with E-state index in [1.807, 2.05) is 12.1 Å². The molecule has 4 aromatic rings. The molecular formula is C28H23ClNP. The molecule has 0 bridgehead atoms. The Balaban J connectivity index is 0.00000272. The maximum absolute atomic E-state index is 9.30. The molecule has 0 aliphatic carbocycles. The molecule has 0 unspecified atom stereocenters. The smallest absolute Gasteiger partial charge is 0.116 e. The molecule has 0 aromatic heterocycles. The molecule has 0 fully saturated rings. The number of nitrogens with zero attached hydrogens (tertiary/aromatic N) is 1. The van der Waals surface area contributed by atoms with Gasteiger partial charge >= 0.3 is 0 Å². The molecule has 0 aliphatic rings. The van der Waals surface area contributed by atoms with Crippen LogP contribution in [0.4, 0.5) is 0 Å². The minimum atomic E-state index is -1.95. The maximum atomic E-state index is 9.30. The van der Waals surface area contributed by atoms with E-state index in [0.29, 0.717) is 5.57 Å². The topological polar surface area (TPSA) is 23.8 Å². The number of allylic oxidation sites excluding steroid dienone is 1. The van der Waals surface area contributed by atoms with Crippen LogP contribution in [0.1, 0.15) is 11.1 Å². The monoisotopic (exact) mass is 439 g/mol. The third-order valence-corrected chi connectivity index (χ3v) is 9.80. The summed E-state index contributed by atoms with van der Waals surface area (Å²) in [5.74, 6) is 0. The van der Waals surface area contributed by atoms with Gasteiger partial charge in [0, 0.05) is 0 Å². The predicted molar refractivity (Wildman–Crippen MR) is 130 cm³/mol. The van der Waals surface area contributed by atoms with E-state index >= 15 is 0 Å². The van der Waals surface area contributed by atoms with Gasteiger partial charge in [0.25, 0.3) is 0 Å². The summed E-state index contributed by atoms with van der Waals surface area (Å²) in [5.41, 5.74) is 2.61. The molecule has 152 valence electrons. The molecule has 0 spiro atoms. The van der Waals surface area contributed by atoms with Crippen LogP contribution in [0.15, 0.2) is 122 Å². The van der Waals surface area contributed by atoms with Crippen molar-refractivity contribution in [2.75, 3.05) is 0 Å². The molecule has 1 nitrogen and oxygen atoms in total. The van der Waals surface area contributed by atoms with Gasteiger partial charge in [-0.25, -0.2) is 0 Å². The van der Waals surface area contributed by atoms with E-state index in [9.17, 15) is 5.26 Å². The first-order valence-electron chi connectivity index (χ1n) is 9.97. The third-order valence-electron chi connectivity index (χ3n) is 5.42. The predicted octanol–water partition coefficient (Wildman–Crippen LogP) is 2.72. The van der Waals surface area contributed by atoms with Gasteiger partial charge in [0.2, 0.25) is 0 Å². The van der Waals surface area contributed by atoms with E-state index in [0.717, 1.165) is 11.7 Å². The number of halogens is 1. The zero-order chi connectivity index (χ0) is 20.8. The average Bonchev–Trinajstić information content (AvgIpc) is 2.84.